The number of hydrogen-bond donors (Lipinski definition) is 1. The first kappa shape index (κ1) is 22.5. The van der Waals surface area contributed by atoms with Gasteiger partial charge in [-0.05, 0) is 57.2 Å². The van der Waals surface area contributed by atoms with Crippen molar-refractivity contribution in [2.24, 2.45) is 0 Å². The van der Waals surface area contributed by atoms with Crippen molar-refractivity contribution in [2.75, 3.05) is 24.2 Å². The molecule has 0 spiro atoms. The maximum absolute atomic E-state index is 12.3. The Bertz CT molecular complexity index is 911. The Labute approximate surface area is 172 Å². The molecule has 2 atom stereocenters. The number of nitrogens with zero attached hydrogens (tertiary/aromatic N) is 1. The first-order valence-electron chi connectivity index (χ1n) is 9.26. The Hall–Kier alpha value is -2.74. The van der Waals surface area contributed by atoms with E-state index < -0.39 is 16.1 Å². The van der Waals surface area contributed by atoms with Crippen LogP contribution in [0.15, 0.2) is 48.5 Å². The van der Waals surface area contributed by atoms with Crippen LogP contribution in [-0.4, -0.2) is 46.4 Å². The molecular formula is C21H28N2O5S. The summed E-state index contributed by atoms with van der Waals surface area (Å²) in [6.45, 7) is 5.85. The predicted molar refractivity (Wildman–Crippen MR) is 114 cm³/mol. The predicted octanol–water partition coefficient (Wildman–Crippen LogP) is 2.74. The summed E-state index contributed by atoms with van der Waals surface area (Å²) < 4.78 is 35.7. The molecule has 0 aliphatic carbocycles. The molecule has 2 aromatic rings. The largest absolute Gasteiger partial charge is 0.491 e. The molecule has 0 aliphatic rings. The number of nitrogens with one attached hydrogen (secondary N) is 1. The van der Waals surface area contributed by atoms with Crippen LogP contribution in [0.5, 0.6) is 11.5 Å². The molecule has 158 valence electrons. The van der Waals surface area contributed by atoms with Crippen molar-refractivity contribution in [3.8, 4) is 11.5 Å². The highest BCUT2D eigenvalue weighted by Gasteiger charge is 2.18. The molecule has 7 nitrogen and oxygen atoms in total. The van der Waals surface area contributed by atoms with Crippen LogP contribution in [0.2, 0.25) is 0 Å². The van der Waals surface area contributed by atoms with E-state index in [1.54, 1.807) is 31.2 Å². The monoisotopic (exact) mass is 420 g/mol. The minimum Gasteiger partial charge on any atom is -0.491 e. The number of ether oxygens (including phenoxy) is 2. The average Bonchev–Trinajstić information content (AvgIpc) is 2.66. The number of sulfonamides is 1. The normalized spacial score (nSPS) is 13.3. The molecule has 0 saturated carbocycles. The van der Waals surface area contributed by atoms with Crippen LogP contribution >= 0.6 is 0 Å². The standard InChI is InChI=1S/C21H28N2O5S/c1-15-6-10-19(11-7-15)27-14-16(2)22-21(24)17(3)28-20-12-8-18(9-13-20)23(4)29(5,25)26/h6-13,16-17H,14H2,1-5H3,(H,22,24). The van der Waals surface area contributed by atoms with Crippen molar-refractivity contribution in [1.82, 2.24) is 5.32 Å². The third kappa shape index (κ3) is 6.98. The number of carbonyl (C=O) groups excluding carboxylic acids is 1. The minimum atomic E-state index is -3.33. The maximum atomic E-state index is 12.3. The quantitative estimate of drug-likeness (QED) is 0.674. The number of amides is 1. The van der Waals surface area contributed by atoms with Crippen LogP contribution in [0.1, 0.15) is 19.4 Å². The number of rotatable bonds is 9. The molecule has 0 bridgehead atoms. The van der Waals surface area contributed by atoms with Gasteiger partial charge in [0, 0.05) is 7.05 Å². The van der Waals surface area contributed by atoms with Gasteiger partial charge in [0.1, 0.15) is 18.1 Å². The zero-order valence-corrected chi connectivity index (χ0v) is 18.2. The number of benzene rings is 2. The highest BCUT2D eigenvalue weighted by atomic mass is 32.2. The Morgan fingerprint density at radius 3 is 2.14 bits per heavy atom. The molecule has 2 aromatic carbocycles. The number of anilines is 1. The summed E-state index contributed by atoms with van der Waals surface area (Å²) in [6, 6.07) is 14.0. The van der Waals surface area contributed by atoms with E-state index in [0.29, 0.717) is 18.0 Å². The van der Waals surface area contributed by atoms with Gasteiger partial charge >= 0.3 is 0 Å². The maximum Gasteiger partial charge on any atom is 0.261 e. The van der Waals surface area contributed by atoms with Gasteiger partial charge in [-0.15, -0.1) is 0 Å². The van der Waals surface area contributed by atoms with Crippen LogP contribution in [0, 0.1) is 6.92 Å². The molecule has 8 heteroatoms. The summed E-state index contributed by atoms with van der Waals surface area (Å²) in [6.07, 6.45) is 0.420. The van der Waals surface area contributed by atoms with E-state index in [-0.39, 0.29) is 11.9 Å². The first-order valence-corrected chi connectivity index (χ1v) is 11.1. The molecule has 0 aromatic heterocycles. The topological polar surface area (TPSA) is 84.9 Å². The Morgan fingerprint density at radius 1 is 1.03 bits per heavy atom. The van der Waals surface area contributed by atoms with Crippen LogP contribution in [0.4, 0.5) is 5.69 Å². The van der Waals surface area contributed by atoms with E-state index in [1.165, 1.54) is 11.4 Å². The van der Waals surface area contributed by atoms with Gasteiger partial charge in [-0.1, -0.05) is 17.7 Å². The number of aryl methyl sites for hydroxylation is 1. The molecule has 2 rings (SSSR count). The zero-order chi connectivity index (χ0) is 21.6. The highest BCUT2D eigenvalue weighted by Crippen LogP contribution is 2.21. The summed E-state index contributed by atoms with van der Waals surface area (Å²) in [5.74, 6) is 0.962. The molecule has 0 aliphatic heterocycles. The fourth-order valence-electron chi connectivity index (χ4n) is 2.44. The average molecular weight is 421 g/mol. The van der Waals surface area contributed by atoms with E-state index in [4.69, 9.17) is 9.47 Å². The molecule has 1 N–H and O–H groups in total. The van der Waals surface area contributed by atoms with Crippen molar-refractivity contribution in [3.63, 3.8) is 0 Å². The molecule has 0 radical (unpaired) electrons. The fraction of sp³-hybridized carbons (Fsp3) is 0.381. The van der Waals surface area contributed by atoms with Gasteiger partial charge in [0.15, 0.2) is 6.10 Å². The van der Waals surface area contributed by atoms with Gasteiger partial charge in [-0.3, -0.25) is 9.10 Å². The summed E-state index contributed by atoms with van der Waals surface area (Å²) in [5.41, 5.74) is 1.67. The second-order valence-corrected chi connectivity index (χ2v) is 9.03. The lowest BCUT2D eigenvalue weighted by atomic mass is 10.2. The summed E-state index contributed by atoms with van der Waals surface area (Å²) in [7, 11) is -1.86. The van der Waals surface area contributed by atoms with Crippen molar-refractivity contribution >= 4 is 21.6 Å². The Kier molecular flexibility index (Phi) is 7.50. The lowest BCUT2D eigenvalue weighted by Gasteiger charge is -2.20. The van der Waals surface area contributed by atoms with Crippen molar-refractivity contribution < 1.29 is 22.7 Å². The van der Waals surface area contributed by atoms with Crippen molar-refractivity contribution in [1.29, 1.82) is 0 Å². The van der Waals surface area contributed by atoms with E-state index in [2.05, 4.69) is 5.32 Å². The molecule has 2 unspecified atom stereocenters. The van der Waals surface area contributed by atoms with Crippen LogP contribution < -0.4 is 19.1 Å². The van der Waals surface area contributed by atoms with Crippen molar-refractivity contribution in [2.45, 2.75) is 32.9 Å². The molecule has 0 heterocycles. The Balaban J connectivity index is 1.84. The van der Waals surface area contributed by atoms with E-state index >= 15 is 0 Å². The van der Waals surface area contributed by atoms with Gasteiger partial charge in [0.2, 0.25) is 10.0 Å². The zero-order valence-electron chi connectivity index (χ0n) is 17.4. The third-order valence-corrected chi connectivity index (χ3v) is 5.50. The van der Waals surface area contributed by atoms with Gasteiger partial charge in [0.25, 0.3) is 5.91 Å². The van der Waals surface area contributed by atoms with Gasteiger partial charge < -0.3 is 14.8 Å². The van der Waals surface area contributed by atoms with Crippen LogP contribution in [0.25, 0.3) is 0 Å². The summed E-state index contributed by atoms with van der Waals surface area (Å²) >= 11 is 0. The smallest absolute Gasteiger partial charge is 0.261 e. The first-order chi connectivity index (χ1) is 13.6. The van der Waals surface area contributed by atoms with E-state index in [1.807, 2.05) is 38.1 Å². The molecular weight excluding hydrogens is 392 g/mol. The third-order valence-electron chi connectivity index (χ3n) is 4.29. The van der Waals surface area contributed by atoms with Crippen molar-refractivity contribution in [3.05, 3.63) is 54.1 Å². The van der Waals surface area contributed by atoms with Gasteiger partial charge in [-0.2, -0.15) is 0 Å². The summed E-state index contributed by atoms with van der Waals surface area (Å²) in [5, 5.41) is 2.85. The number of hydrogen-bond acceptors (Lipinski definition) is 5. The second-order valence-electron chi connectivity index (χ2n) is 7.02. The second kappa shape index (κ2) is 9.65. The lowest BCUT2D eigenvalue weighted by molar-refractivity contribution is -0.128. The SMILES string of the molecule is Cc1ccc(OCC(C)NC(=O)C(C)Oc2ccc(N(C)S(C)(=O)=O)cc2)cc1. The van der Waals surface area contributed by atoms with Gasteiger partial charge in [0.05, 0.1) is 18.0 Å². The molecule has 29 heavy (non-hydrogen) atoms. The molecule has 1 amide bonds. The van der Waals surface area contributed by atoms with Crippen LogP contribution in [-0.2, 0) is 14.8 Å². The Morgan fingerprint density at radius 2 is 1.59 bits per heavy atom. The minimum absolute atomic E-state index is 0.194. The van der Waals surface area contributed by atoms with E-state index in [0.717, 1.165) is 17.6 Å². The lowest BCUT2D eigenvalue weighted by Crippen LogP contribution is -2.43. The molecule has 0 saturated heterocycles. The fourth-order valence-corrected chi connectivity index (χ4v) is 2.95. The molecule has 0 fully saturated rings. The summed E-state index contributed by atoms with van der Waals surface area (Å²) in [4.78, 5) is 12.3. The highest BCUT2D eigenvalue weighted by molar-refractivity contribution is 7.92. The van der Waals surface area contributed by atoms with E-state index in [9.17, 15) is 13.2 Å². The number of carbonyl (C=O) groups is 1. The van der Waals surface area contributed by atoms with Crippen LogP contribution in [0.3, 0.4) is 0 Å². The van der Waals surface area contributed by atoms with Gasteiger partial charge in [-0.25, -0.2) is 8.42 Å².